The predicted molar refractivity (Wildman–Crippen MR) is 99.3 cm³/mol. The molecule has 2 aliphatic rings. The Bertz CT molecular complexity index is 770. The highest BCUT2D eigenvalue weighted by Gasteiger charge is 2.21. The fourth-order valence-corrected chi connectivity index (χ4v) is 3.42. The number of anilines is 2. The molecule has 0 bridgehead atoms. The number of carbonyl (C=O) groups is 1. The summed E-state index contributed by atoms with van der Waals surface area (Å²) in [5.41, 5.74) is 2.00. The standard InChI is InChI=1S/C20H23N3O3/c24-20(15-4-2-1-3-5-15)23-19-9-7-16(12-22-19)21-11-14-6-8-17-18(10-14)26-13-25-17/h6-10,12,15,21H,1-5,11,13H2,(H,22,23,24). The Balaban J connectivity index is 1.30. The number of hydrogen-bond donors (Lipinski definition) is 2. The first-order valence-electron chi connectivity index (χ1n) is 9.17. The fraction of sp³-hybridized carbons (Fsp3) is 0.400. The van der Waals surface area contributed by atoms with Gasteiger partial charge in [0.05, 0.1) is 11.9 Å². The minimum atomic E-state index is 0.0956. The van der Waals surface area contributed by atoms with Crippen LogP contribution in [0.3, 0.4) is 0 Å². The third-order valence-corrected chi connectivity index (χ3v) is 4.92. The van der Waals surface area contributed by atoms with E-state index in [-0.39, 0.29) is 18.6 Å². The smallest absolute Gasteiger partial charge is 0.231 e. The van der Waals surface area contributed by atoms with E-state index in [1.54, 1.807) is 6.20 Å². The molecule has 1 aromatic heterocycles. The molecule has 0 saturated heterocycles. The van der Waals surface area contributed by atoms with Gasteiger partial charge in [0, 0.05) is 12.5 Å². The molecule has 26 heavy (non-hydrogen) atoms. The molecule has 1 saturated carbocycles. The highest BCUT2D eigenvalue weighted by molar-refractivity contribution is 5.91. The summed E-state index contributed by atoms with van der Waals surface area (Å²) in [5, 5.41) is 6.26. The fourth-order valence-electron chi connectivity index (χ4n) is 3.42. The molecular formula is C20H23N3O3. The number of pyridine rings is 1. The van der Waals surface area contributed by atoms with E-state index in [9.17, 15) is 4.79 Å². The van der Waals surface area contributed by atoms with E-state index >= 15 is 0 Å². The molecule has 6 heteroatoms. The largest absolute Gasteiger partial charge is 0.454 e. The summed E-state index contributed by atoms with van der Waals surface area (Å²) in [5.74, 6) is 2.40. The molecule has 6 nitrogen and oxygen atoms in total. The summed E-state index contributed by atoms with van der Waals surface area (Å²) < 4.78 is 10.7. The van der Waals surface area contributed by atoms with Crippen LogP contribution < -0.4 is 20.1 Å². The Morgan fingerprint density at radius 3 is 2.73 bits per heavy atom. The summed E-state index contributed by atoms with van der Waals surface area (Å²) in [6.45, 7) is 0.941. The van der Waals surface area contributed by atoms with Crippen molar-refractivity contribution in [2.75, 3.05) is 17.4 Å². The van der Waals surface area contributed by atoms with Crippen molar-refractivity contribution in [3.05, 3.63) is 42.1 Å². The molecule has 4 rings (SSSR count). The number of fused-ring (bicyclic) bond motifs is 1. The maximum Gasteiger partial charge on any atom is 0.231 e. The van der Waals surface area contributed by atoms with Crippen LogP contribution in [0.1, 0.15) is 37.7 Å². The minimum Gasteiger partial charge on any atom is -0.454 e. The quantitative estimate of drug-likeness (QED) is 0.852. The number of nitrogens with zero attached hydrogens (tertiary/aromatic N) is 1. The van der Waals surface area contributed by atoms with Gasteiger partial charge in [-0.25, -0.2) is 4.98 Å². The predicted octanol–water partition coefficient (Wildman–Crippen LogP) is 3.94. The molecule has 0 radical (unpaired) electrons. The molecule has 2 heterocycles. The summed E-state index contributed by atoms with van der Waals surface area (Å²) in [7, 11) is 0. The SMILES string of the molecule is O=C(Nc1ccc(NCc2ccc3c(c2)OCO3)cn1)C1CCCCC1. The van der Waals surface area contributed by atoms with Crippen LogP contribution in [0, 0.1) is 5.92 Å². The van der Waals surface area contributed by atoms with Crippen LogP contribution in [0.25, 0.3) is 0 Å². The monoisotopic (exact) mass is 353 g/mol. The molecule has 136 valence electrons. The molecule has 1 aliphatic carbocycles. The normalized spacial score (nSPS) is 16.3. The first kappa shape index (κ1) is 16.7. The Hall–Kier alpha value is -2.76. The van der Waals surface area contributed by atoms with Crippen molar-refractivity contribution in [1.82, 2.24) is 4.98 Å². The van der Waals surface area contributed by atoms with Gasteiger partial charge in [-0.3, -0.25) is 4.79 Å². The van der Waals surface area contributed by atoms with Crippen molar-refractivity contribution in [2.24, 2.45) is 5.92 Å². The second kappa shape index (κ2) is 7.64. The van der Waals surface area contributed by atoms with Gasteiger partial charge in [-0.15, -0.1) is 0 Å². The van der Waals surface area contributed by atoms with Gasteiger partial charge >= 0.3 is 0 Å². The summed E-state index contributed by atoms with van der Waals surface area (Å²) in [6.07, 6.45) is 7.25. The van der Waals surface area contributed by atoms with E-state index in [1.807, 2.05) is 30.3 Å². The van der Waals surface area contributed by atoms with Gasteiger partial charge in [0.15, 0.2) is 11.5 Å². The number of nitrogens with one attached hydrogen (secondary N) is 2. The first-order valence-corrected chi connectivity index (χ1v) is 9.17. The Morgan fingerprint density at radius 1 is 1.08 bits per heavy atom. The van der Waals surface area contributed by atoms with Crippen LogP contribution >= 0.6 is 0 Å². The lowest BCUT2D eigenvalue weighted by Crippen LogP contribution is -2.25. The average molecular weight is 353 g/mol. The molecule has 1 aliphatic heterocycles. The lowest BCUT2D eigenvalue weighted by atomic mass is 9.89. The maximum atomic E-state index is 12.3. The number of carbonyl (C=O) groups excluding carboxylic acids is 1. The van der Waals surface area contributed by atoms with Crippen molar-refractivity contribution in [2.45, 2.75) is 38.6 Å². The van der Waals surface area contributed by atoms with Gasteiger partial charge in [-0.05, 0) is 42.7 Å². The Labute approximate surface area is 152 Å². The summed E-state index contributed by atoms with van der Waals surface area (Å²) >= 11 is 0. The van der Waals surface area contributed by atoms with Crippen molar-refractivity contribution in [1.29, 1.82) is 0 Å². The topological polar surface area (TPSA) is 72.5 Å². The van der Waals surface area contributed by atoms with E-state index in [4.69, 9.17) is 9.47 Å². The number of amides is 1. The number of benzene rings is 1. The zero-order chi connectivity index (χ0) is 17.8. The minimum absolute atomic E-state index is 0.0956. The van der Waals surface area contributed by atoms with E-state index in [0.717, 1.165) is 48.4 Å². The van der Waals surface area contributed by atoms with Crippen molar-refractivity contribution in [3.8, 4) is 11.5 Å². The van der Waals surface area contributed by atoms with E-state index in [2.05, 4.69) is 15.6 Å². The Kier molecular flexibility index (Phi) is 4.91. The zero-order valence-corrected chi connectivity index (χ0v) is 14.7. The second-order valence-electron chi connectivity index (χ2n) is 6.80. The number of rotatable bonds is 5. The van der Waals surface area contributed by atoms with E-state index in [1.165, 1.54) is 6.42 Å². The molecule has 0 spiro atoms. The van der Waals surface area contributed by atoms with Crippen LogP contribution in [0.4, 0.5) is 11.5 Å². The molecular weight excluding hydrogens is 330 g/mol. The maximum absolute atomic E-state index is 12.3. The number of ether oxygens (including phenoxy) is 2. The summed E-state index contributed by atoms with van der Waals surface area (Å²) in [6, 6.07) is 9.66. The summed E-state index contributed by atoms with van der Waals surface area (Å²) in [4.78, 5) is 16.6. The number of aromatic nitrogens is 1. The zero-order valence-electron chi connectivity index (χ0n) is 14.7. The molecule has 1 amide bonds. The highest BCUT2D eigenvalue weighted by Crippen LogP contribution is 2.32. The molecule has 2 aromatic rings. The van der Waals surface area contributed by atoms with Crippen LogP contribution in [0.2, 0.25) is 0 Å². The molecule has 1 aromatic carbocycles. The number of hydrogen-bond acceptors (Lipinski definition) is 5. The third kappa shape index (κ3) is 3.90. The van der Waals surface area contributed by atoms with Crippen molar-refractivity contribution < 1.29 is 14.3 Å². The van der Waals surface area contributed by atoms with E-state index in [0.29, 0.717) is 12.4 Å². The van der Waals surface area contributed by atoms with Gasteiger partial charge < -0.3 is 20.1 Å². The Morgan fingerprint density at radius 2 is 1.92 bits per heavy atom. The molecule has 0 atom stereocenters. The van der Waals surface area contributed by atoms with Gasteiger partial charge in [0.1, 0.15) is 5.82 Å². The van der Waals surface area contributed by atoms with Gasteiger partial charge in [0.2, 0.25) is 12.7 Å². The highest BCUT2D eigenvalue weighted by atomic mass is 16.7. The molecule has 2 N–H and O–H groups in total. The van der Waals surface area contributed by atoms with E-state index < -0.39 is 0 Å². The second-order valence-corrected chi connectivity index (χ2v) is 6.80. The van der Waals surface area contributed by atoms with Crippen LogP contribution in [-0.2, 0) is 11.3 Å². The average Bonchev–Trinajstić information content (AvgIpc) is 3.16. The first-order chi connectivity index (χ1) is 12.8. The van der Waals surface area contributed by atoms with Crippen molar-refractivity contribution in [3.63, 3.8) is 0 Å². The van der Waals surface area contributed by atoms with Crippen LogP contribution in [0.15, 0.2) is 36.5 Å². The van der Waals surface area contributed by atoms with Crippen LogP contribution in [-0.4, -0.2) is 17.7 Å². The molecule has 0 unspecified atom stereocenters. The van der Waals surface area contributed by atoms with Gasteiger partial charge in [-0.1, -0.05) is 25.3 Å². The lowest BCUT2D eigenvalue weighted by molar-refractivity contribution is -0.120. The molecule has 1 fully saturated rings. The lowest BCUT2D eigenvalue weighted by Gasteiger charge is -2.20. The van der Waals surface area contributed by atoms with Gasteiger partial charge in [0.25, 0.3) is 0 Å². The van der Waals surface area contributed by atoms with Gasteiger partial charge in [-0.2, -0.15) is 0 Å². The van der Waals surface area contributed by atoms with Crippen LogP contribution in [0.5, 0.6) is 11.5 Å². The third-order valence-electron chi connectivity index (χ3n) is 4.92. The van der Waals surface area contributed by atoms with Crippen molar-refractivity contribution >= 4 is 17.4 Å².